The molecule has 5 heteroatoms. The zero-order chi connectivity index (χ0) is 13.3. The molecule has 0 aromatic heterocycles. The van der Waals surface area contributed by atoms with Gasteiger partial charge in [-0.15, -0.1) is 0 Å². The van der Waals surface area contributed by atoms with E-state index in [-0.39, 0.29) is 5.75 Å². The van der Waals surface area contributed by atoms with Crippen LogP contribution < -0.4 is 4.74 Å². The topological polar surface area (TPSA) is 66.8 Å². The fourth-order valence-electron chi connectivity index (χ4n) is 2.61. The maximum absolute atomic E-state index is 13.6. The van der Waals surface area contributed by atoms with Crippen LogP contribution in [0.1, 0.15) is 31.2 Å². The quantitative estimate of drug-likeness (QED) is 0.869. The average Bonchev–Trinajstić information content (AvgIpc) is 2.83. The number of ether oxygens (including phenoxy) is 1. The SMILES string of the molecule is COc1cc(C2(C(=O)O)CCCC2)cc(F)c1O. The molecule has 0 amide bonds. The standard InChI is InChI=1S/C13H15FO4/c1-18-10-7-8(6-9(14)11(10)15)13(12(16)17)4-2-3-5-13/h6-7,15H,2-5H2,1H3,(H,16,17). The van der Waals surface area contributed by atoms with E-state index in [1.807, 2.05) is 0 Å². The molecule has 0 heterocycles. The molecule has 2 rings (SSSR count). The minimum atomic E-state index is -1.05. The number of benzene rings is 1. The van der Waals surface area contributed by atoms with E-state index in [9.17, 15) is 19.4 Å². The first-order chi connectivity index (χ1) is 8.51. The summed E-state index contributed by atoms with van der Waals surface area (Å²) in [6.07, 6.45) is 2.57. The van der Waals surface area contributed by atoms with Gasteiger partial charge in [0.15, 0.2) is 17.3 Å². The van der Waals surface area contributed by atoms with Crippen LogP contribution in [0, 0.1) is 5.82 Å². The fourth-order valence-corrected chi connectivity index (χ4v) is 2.61. The number of phenols is 1. The maximum atomic E-state index is 13.6. The van der Waals surface area contributed by atoms with Gasteiger partial charge in [0, 0.05) is 0 Å². The Hall–Kier alpha value is -1.78. The molecule has 0 bridgehead atoms. The second-order valence-electron chi connectivity index (χ2n) is 4.60. The Labute approximate surface area is 104 Å². The highest BCUT2D eigenvalue weighted by Crippen LogP contribution is 2.44. The lowest BCUT2D eigenvalue weighted by Crippen LogP contribution is -2.32. The van der Waals surface area contributed by atoms with Crippen molar-refractivity contribution in [2.75, 3.05) is 7.11 Å². The van der Waals surface area contributed by atoms with Crippen molar-refractivity contribution in [1.29, 1.82) is 0 Å². The number of carbonyl (C=O) groups is 1. The molecule has 0 radical (unpaired) electrons. The summed E-state index contributed by atoms with van der Waals surface area (Å²) >= 11 is 0. The molecule has 1 saturated carbocycles. The van der Waals surface area contributed by atoms with Crippen molar-refractivity contribution in [3.05, 3.63) is 23.5 Å². The van der Waals surface area contributed by atoms with Gasteiger partial charge in [-0.1, -0.05) is 12.8 Å². The van der Waals surface area contributed by atoms with E-state index in [1.54, 1.807) is 0 Å². The highest BCUT2D eigenvalue weighted by atomic mass is 19.1. The van der Waals surface area contributed by atoms with Crippen LogP contribution in [0.15, 0.2) is 12.1 Å². The smallest absolute Gasteiger partial charge is 0.314 e. The molecule has 0 spiro atoms. The lowest BCUT2D eigenvalue weighted by molar-refractivity contribution is -0.143. The van der Waals surface area contributed by atoms with E-state index in [2.05, 4.69) is 0 Å². The van der Waals surface area contributed by atoms with Gasteiger partial charge in [-0.2, -0.15) is 0 Å². The summed E-state index contributed by atoms with van der Waals surface area (Å²) in [7, 11) is 1.31. The molecule has 18 heavy (non-hydrogen) atoms. The molecular weight excluding hydrogens is 239 g/mol. The highest BCUT2D eigenvalue weighted by Gasteiger charge is 2.43. The summed E-state index contributed by atoms with van der Waals surface area (Å²) in [5.74, 6) is -2.42. The molecule has 0 unspecified atom stereocenters. The zero-order valence-corrected chi connectivity index (χ0v) is 10.1. The van der Waals surface area contributed by atoms with Gasteiger partial charge in [-0.3, -0.25) is 4.79 Å². The van der Waals surface area contributed by atoms with Crippen LogP contribution in [0.25, 0.3) is 0 Å². The van der Waals surface area contributed by atoms with Crippen molar-refractivity contribution in [3.8, 4) is 11.5 Å². The van der Waals surface area contributed by atoms with Crippen LogP contribution in [-0.4, -0.2) is 23.3 Å². The number of carboxylic acid groups (broad SMARTS) is 1. The molecule has 1 aliphatic rings. The first-order valence-electron chi connectivity index (χ1n) is 5.81. The average molecular weight is 254 g/mol. The number of phenolic OH excluding ortho intramolecular Hbond substituents is 1. The van der Waals surface area contributed by atoms with E-state index in [0.717, 1.165) is 18.9 Å². The van der Waals surface area contributed by atoms with Gasteiger partial charge in [0.1, 0.15) is 0 Å². The monoisotopic (exact) mass is 254 g/mol. The summed E-state index contributed by atoms with van der Waals surface area (Å²) in [6.45, 7) is 0. The van der Waals surface area contributed by atoms with Crippen molar-refractivity contribution in [3.63, 3.8) is 0 Å². The van der Waals surface area contributed by atoms with Gasteiger partial charge in [-0.05, 0) is 30.5 Å². The number of rotatable bonds is 3. The van der Waals surface area contributed by atoms with Crippen LogP contribution in [-0.2, 0) is 10.2 Å². The van der Waals surface area contributed by atoms with Crippen LogP contribution in [0.5, 0.6) is 11.5 Å². The molecule has 0 aliphatic heterocycles. The molecule has 1 fully saturated rings. The van der Waals surface area contributed by atoms with Crippen LogP contribution in [0.2, 0.25) is 0 Å². The molecule has 4 nitrogen and oxygen atoms in total. The zero-order valence-electron chi connectivity index (χ0n) is 10.1. The van der Waals surface area contributed by atoms with Crippen LogP contribution in [0.4, 0.5) is 4.39 Å². The summed E-state index contributed by atoms with van der Waals surface area (Å²) in [5, 5.41) is 18.9. The van der Waals surface area contributed by atoms with Crippen LogP contribution in [0.3, 0.4) is 0 Å². The van der Waals surface area contributed by atoms with Crippen LogP contribution >= 0.6 is 0 Å². The minimum absolute atomic E-state index is 0.0301. The van der Waals surface area contributed by atoms with Gasteiger partial charge in [0.2, 0.25) is 0 Å². The van der Waals surface area contributed by atoms with Gasteiger partial charge >= 0.3 is 5.97 Å². The summed E-state index contributed by atoms with van der Waals surface area (Å²) < 4.78 is 18.5. The molecule has 1 aliphatic carbocycles. The van der Waals surface area contributed by atoms with Crippen molar-refractivity contribution in [2.45, 2.75) is 31.1 Å². The maximum Gasteiger partial charge on any atom is 0.314 e. The number of hydrogen-bond donors (Lipinski definition) is 2. The molecule has 0 atom stereocenters. The normalized spacial score (nSPS) is 17.7. The number of hydrogen-bond acceptors (Lipinski definition) is 3. The van der Waals surface area contributed by atoms with Crippen molar-refractivity contribution in [1.82, 2.24) is 0 Å². The summed E-state index contributed by atoms with van der Waals surface area (Å²) in [6, 6.07) is 2.51. The third kappa shape index (κ3) is 1.79. The Bertz CT molecular complexity index is 478. The second-order valence-corrected chi connectivity index (χ2v) is 4.60. The Morgan fingerprint density at radius 1 is 1.39 bits per heavy atom. The number of aliphatic carboxylic acids is 1. The van der Waals surface area contributed by atoms with Gasteiger partial charge in [0.25, 0.3) is 0 Å². The number of carboxylic acids is 1. The number of methoxy groups -OCH3 is 1. The highest BCUT2D eigenvalue weighted by molar-refractivity contribution is 5.82. The van der Waals surface area contributed by atoms with E-state index in [1.165, 1.54) is 13.2 Å². The molecule has 98 valence electrons. The number of halogens is 1. The van der Waals surface area contributed by atoms with E-state index in [4.69, 9.17) is 4.74 Å². The Kier molecular flexibility index (Phi) is 3.15. The van der Waals surface area contributed by atoms with Crippen molar-refractivity contribution in [2.24, 2.45) is 0 Å². The first-order valence-corrected chi connectivity index (χ1v) is 5.81. The first kappa shape index (κ1) is 12.7. The lowest BCUT2D eigenvalue weighted by Gasteiger charge is -2.25. The minimum Gasteiger partial charge on any atom is -0.502 e. The van der Waals surface area contributed by atoms with E-state index < -0.39 is 23.0 Å². The molecule has 1 aromatic carbocycles. The van der Waals surface area contributed by atoms with Gasteiger partial charge in [-0.25, -0.2) is 4.39 Å². The summed E-state index contributed by atoms with van der Waals surface area (Å²) in [5.41, 5.74) is -0.693. The fraction of sp³-hybridized carbons (Fsp3) is 0.462. The van der Waals surface area contributed by atoms with E-state index >= 15 is 0 Å². The van der Waals surface area contributed by atoms with Crippen molar-refractivity contribution < 1.29 is 24.1 Å². The predicted octanol–water partition coefficient (Wildman–Crippen LogP) is 2.44. The Morgan fingerprint density at radius 2 is 2.00 bits per heavy atom. The lowest BCUT2D eigenvalue weighted by atomic mass is 9.79. The second kappa shape index (κ2) is 4.48. The number of aromatic hydroxyl groups is 1. The van der Waals surface area contributed by atoms with Gasteiger partial charge < -0.3 is 14.9 Å². The molecule has 2 N–H and O–H groups in total. The summed E-state index contributed by atoms with van der Waals surface area (Å²) in [4.78, 5) is 11.5. The predicted molar refractivity (Wildman–Crippen MR) is 62.4 cm³/mol. The molecule has 1 aromatic rings. The Balaban J connectivity index is 2.56. The van der Waals surface area contributed by atoms with E-state index in [0.29, 0.717) is 18.4 Å². The largest absolute Gasteiger partial charge is 0.502 e. The third-order valence-electron chi connectivity index (χ3n) is 3.67. The Morgan fingerprint density at radius 3 is 2.50 bits per heavy atom. The van der Waals surface area contributed by atoms with Gasteiger partial charge in [0.05, 0.1) is 12.5 Å². The molecular formula is C13H15FO4. The van der Waals surface area contributed by atoms with Crippen molar-refractivity contribution >= 4 is 5.97 Å². The third-order valence-corrected chi connectivity index (χ3v) is 3.67. The molecule has 0 saturated heterocycles.